The zero-order chi connectivity index (χ0) is 15.2. The van der Waals surface area contributed by atoms with E-state index in [-0.39, 0.29) is 6.04 Å². The highest BCUT2D eigenvalue weighted by molar-refractivity contribution is 6.36. The Hall–Kier alpha value is -0.730. The lowest BCUT2D eigenvalue weighted by atomic mass is 9.98. The average molecular weight is 343 g/mol. The summed E-state index contributed by atoms with van der Waals surface area (Å²) < 4.78 is 0. The number of rotatable bonds is 6. The van der Waals surface area contributed by atoms with Gasteiger partial charge in [-0.1, -0.05) is 66.0 Å². The Labute approximate surface area is 141 Å². The van der Waals surface area contributed by atoms with Gasteiger partial charge in [0.1, 0.15) is 0 Å². The summed E-state index contributed by atoms with van der Waals surface area (Å²) in [5.74, 6) is 0. The molecule has 0 amide bonds. The summed E-state index contributed by atoms with van der Waals surface area (Å²) >= 11 is 18.8. The van der Waals surface area contributed by atoms with E-state index in [1.54, 1.807) is 0 Å². The minimum atomic E-state index is 0.243. The Kier molecular flexibility index (Phi) is 6.38. The molecule has 2 aromatic rings. The maximum absolute atomic E-state index is 6.27. The molecule has 4 heteroatoms. The Balaban J connectivity index is 2.18. The molecule has 2 rings (SSSR count). The van der Waals surface area contributed by atoms with Crippen molar-refractivity contribution in [2.45, 2.75) is 25.8 Å². The van der Waals surface area contributed by atoms with Crippen molar-refractivity contribution in [1.29, 1.82) is 0 Å². The van der Waals surface area contributed by atoms with Crippen LogP contribution in [0, 0.1) is 0 Å². The fraction of sp³-hybridized carbons (Fsp3) is 0.294. The third-order valence-corrected chi connectivity index (χ3v) is 4.51. The van der Waals surface area contributed by atoms with Crippen molar-refractivity contribution < 1.29 is 0 Å². The van der Waals surface area contributed by atoms with Gasteiger partial charge in [-0.3, -0.25) is 0 Å². The Morgan fingerprint density at radius 2 is 1.48 bits per heavy atom. The molecule has 0 heterocycles. The lowest BCUT2D eigenvalue weighted by Crippen LogP contribution is -2.33. The van der Waals surface area contributed by atoms with Gasteiger partial charge in [-0.15, -0.1) is 0 Å². The highest BCUT2D eigenvalue weighted by Gasteiger charge is 2.15. The lowest BCUT2D eigenvalue weighted by Gasteiger charge is -2.20. The van der Waals surface area contributed by atoms with Crippen LogP contribution in [-0.2, 0) is 12.8 Å². The van der Waals surface area contributed by atoms with E-state index < -0.39 is 0 Å². The average Bonchev–Trinajstić information content (AvgIpc) is 2.45. The van der Waals surface area contributed by atoms with E-state index in [9.17, 15) is 0 Å². The van der Waals surface area contributed by atoms with Crippen molar-refractivity contribution in [2.75, 3.05) is 6.54 Å². The molecule has 0 saturated heterocycles. The van der Waals surface area contributed by atoms with Crippen LogP contribution in [0.25, 0.3) is 0 Å². The van der Waals surface area contributed by atoms with Crippen LogP contribution in [0.2, 0.25) is 15.1 Å². The second kappa shape index (κ2) is 8.05. The number of hydrogen-bond donors (Lipinski definition) is 1. The maximum Gasteiger partial charge on any atom is 0.0453 e. The molecule has 1 N–H and O–H groups in total. The topological polar surface area (TPSA) is 12.0 Å². The SMILES string of the molecule is CCNC(Cc1ccccc1Cl)Cc1c(Cl)cccc1Cl. The minimum absolute atomic E-state index is 0.243. The van der Waals surface area contributed by atoms with Gasteiger partial charge in [-0.05, 0) is 48.7 Å². The molecule has 1 atom stereocenters. The van der Waals surface area contributed by atoms with Crippen molar-refractivity contribution >= 4 is 34.8 Å². The van der Waals surface area contributed by atoms with Gasteiger partial charge in [0, 0.05) is 21.1 Å². The largest absolute Gasteiger partial charge is 0.314 e. The van der Waals surface area contributed by atoms with Gasteiger partial charge in [0.05, 0.1) is 0 Å². The van der Waals surface area contributed by atoms with Gasteiger partial charge in [0.25, 0.3) is 0 Å². The molecule has 0 aliphatic carbocycles. The molecule has 0 fully saturated rings. The molecule has 112 valence electrons. The van der Waals surface area contributed by atoms with Crippen LogP contribution in [0.3, 0.4) is 0 Å². The third-order valence-electron chi connectivity index (χ3n) is 3.43. The van der Waals surface area contributed by atoms with E-state index in [4.69, 9.17) is 34.8 Å². The predicted octanol–water partition coefficient (Wildman–Crippen LogP) is 5.41. The number of halogens is 3. The third kappa shape index (κ3) is 4.62. The second-order valence-electron chi connectivity index (χ2n) is 4.95. The van der Waals surface area contributed by atoms with Crippen LogP contribution in [0.15, 0.2) is 42.5 Å². The Morgan fingerprint density at radius 3 is 2.10 bits per heavy atom. The van der Waals surface area contributed by atoms with Crippen molar-refractivity contribution in [3.8, 4) is 0 Å². The number of benzene rings is 2. The monoisotopic (exact) mass is 341 g/mol. The van der Waals surface area contributed by atoms with Crippen LogP contribution in [0.1, 0.15) is 18.1 Å². The highest BCUT2D eigenvalue weighted by Crippen LogP contribution is 2.27. The molecule has 0 aliphatic rings. The maximum atomic E-state index is 6.27. The normalized spacial score (nSPS) is 12.4. The summed E-state index contributed by atoms with van der Waals surface area (Å²) in [6, 6.07) is 13.8. The number of likely N-dealkylation sites (N-methyl/N-ethyl adjacent to an activating group) is 1. The van der Waals surface area contributed by atoms with E-state index in [1.807, 2.05) is 36.4 Å². The van der Waals surface area contributed by atoms with Crippen molar-refractivity contribution in [3.63, 3.8) is 0 Å². The first kappa shape index (κ1) is 16.6. The molecule has 0 saturated carbocycles. The quantitative estimate of drug-likeness (QED) is 0.740. The highest BCUT2D eigenvalue weighted by atomic mass is 35.5. The first-order valence-corrected chi connectivity index (χ1v) is 8.15. The summed E-state index contributed by atoms with van der Waals surface area (Å²) in [6.07, 6.45) is 1.62. The zero-order valence-electron chi connectivity index (χ0n) is 11.9. The van der Waals surface area contributed by atoms with Crippen LogP contribution < -0.4 is 5.32 Å². The van der Waals surface area contributed by atoms with Gasteiger partial charge < -0.3 is 5.32 Å². The van der Waals surface area contributed by atoms with Gasteiger partial charge in [0.2, 0.25) is 0 Å². The first-order valence-electron chi connectivity index (χ1n) is 7.01. The summed E-state index contributed by atoms with van der Waals surface area (Å²) in [5, 5.41) is 5.71. The van der Waals surface area contributed by atoms with E-state index in [2.05, 4.69) is 18.3 Å². The molecule has 1 nitrogen and oxygen atoms in total. The standard InChI is InChI=1S/C17H18Cl3N/c1-2-21-13(10-12-6-3-4-7-15(12)18)11-14-16(19)8-5-9-17(14)20/h3-9,13,21H,2,10-11H2,1H3. The van der Waals surface area contributed by atoms with E-state index in [0.29, 0.717) is 10.0 Å². The van der Waals surface area contributed by atoms with E-state index >= 15 is 0 Å². The first-order chi connectivity index (χ1) is 10.1. The molecule has 0 radical (unpaired) electrons. The number of hydrogen-bond acceptors (Lipinski definition) is 1. The Bertz CT molecular complexity index is 578. The predicted molar refractivity (Wildman–Crippen MR) is 92.8 cm³/mol. The van der Waals surface area contributed by atoms with Crippen LogP contribution in [0.4, 0.5) is 0 Å². The summed E-state index contributed by atoms with van der Waals surface area (Å²) in [6.45, 7) is 2.98. The summed E-state index contributed by atoms with van der Waals surface area (Å²) in [7, 11) is 0. The Morgan fingerprint density at radius 1 is 0.857 bits per heavy atom. The summed E-state index contributed by atoms with van der Waals surface area (Å²) in [4.78, 5) is 0. The van der Waals surface area contributed by atoms with E-state index in [0.717, 1.165) is 35.5 Å². The minimum Gasteiger partial charge on any atom is -0.314 e. The lowest BCUT2D eigenvalue weighted by molar-refractivity contribution is 0.521. The molecule has 0 aromatic heterocycles. The van der Waals surface area contributed by atoms with Crippen molar-refractivity contribution in [2.24, 2.45) is 0 Å². The molecular formula is C17H18Cl3N. The van der Waals surface area contributed by atoms with Gasteiger partial charge in [-0.2, -0.15) is 0 Å². The molecule has 0 spiro atoms. The van der Waals surface area contributed by atoms with Gasteiger partial charge in [-0.25, -0.2) is 0 Å². The molecular weight excluding hydrogens is 325 g/mol. The van der Waals surface area contributed by atoms with Crippen LogP contribution in [0.5, 0.6) is 0 Å². The molecule has 1 unspecified atom stereocenters. The molecule has 21 heavy (non-hydrogen) atoms. The zero-order valence-corrected chi connectivity index (χ0v) is 14.1. The summed E-state index contributed by atoms with van der Waals surface area (Å²) in [5.41, 5.74) is 2.12. The number of nitrogens with one attached hydrogen (secondary N) is 1. The van der Waals surface area contributed by atoms with Crippen molar-refractivity contribution in [1.82, 2.24) is 5.32 Å². The van der Waals surface area contributed by atoms with Crippen molar-refractivity contribution in [3.05, 3.63) is 68.7 Å². The molecule has 2 aromatic carbocycles. The van der Waals surface area contributed by atoms with Gasteiger partial charge >= 0.3 is 0 Å². The van der Waals surface area contributed by atoms with Gasteiger partial charge in [0.15, 0.2) is 0 Å². The van der Waals surface area contributed by atoms with Crippen LogP contribution >= 0.6 is 34.8 Å². The molecule has 0 aliphatic heterocycles. The van der Waals surface area contributed by atoms with Crippen LogP contribution in [-0.4, -0.2) is 12.6 Å². The fourth-order valence-corrected chi connectivity index (χ4v) is 3.17. The fourth-order valence-electron chi connectivity index (χ4n) is 2.41. The smallest absolute Gasteiger partial charge is 0.0453 e. The molecule has 0 bridgehead atoms. The second-order valence-corrected chi connectivity index (χ2v) is 6.18. The van der Waals surface area contributed by atoms with E-state index in [1.165, 1.54) is 0 Å².